The molecule has 8 heteroatoms. The van der Waals surface area contributed by atoms with Crippen molar-refractivity contribution in [2.24, 2.45) is 0 Å². The number of rotatable bonds is 6. The molecule has 0 unspecified atom stereocenters. The normalized spacial score (nSPS) is 12.3. The van der Waals surface area contributed by atoms with Crippen LogP contribution in [0.25, 0.3) is 0 Å². The van der Waals surface area contributed by atoms with E-state index in [1.807, 2.05) is 0 Å². The summed E-state index contributed by atoms with van der Waals surface area (Å²) >= 11 is 0. The van der Waals surface area contributed by atoms with E-state index in [9.17, 15) is 16.8 Å². The first-order chi connectivity index (χ1) is 10.7. The van der Waals surface area contributed by atoms with E-state index in [2.05, 4.69) is 8.37 Å². The van der Waals surface area contributed by atoms with E-state index in [-0.39, 0.29) is 9.79 Å². The zero-order valence-electron chi connectivity index (χ0n) is 12.6. The Morgan fingerprint density at radius 2 is 1.04 bits per heavy atom. The molecule has 0 fully saturated rings. The highest BCUT2D eigenvalue weighted by Crippen LogP contribution is 2.19. The third-order valence-electron chi connectivity index (χ3n) is 3.13. The molecule has 2 aromatic carbocycles. The Morgan fingerprint density at radius 3 is 1.39 bits per heavy atom. The van der Waals surface area contributed by atoms with E-state index >= 15 is 0 Å². The van der Waals surface area contributed by atoms with Gasteiger partial charge in [0, 0.05) is 0 Å². The minimum Gasteiger partial charge on any atom is -0.236 e. The molecule has 0 saturated carbocycles. The summed E-state index contributed by atoms with van der Waals surface area (Å²) in [5.41, 5.74) is 0.989. The van der Waals surface area contributed by atoms with E-state index in [1.54, 1.807) is 50.2 Å². The third kappa shape index (κ3) is 4.17. The Balaban J connectivity index is 2.11. The van der Waals surface area contributed by atoms with Crippen LogP contribution in [0.1, 0.15) is 11.1 Å². The fourth-order valence-electron chi connectivity index (χ4n) is 1.95. The lowest BCUT2D eigenvalue weighted by molar-refractivity contribution is 0.132. The van der Waals surface area contributed by atoms with Crippen LogP contribution in [0.4, 0.5) is 0 Å². The maximum absolute atomic E-state index is 12.0. The third-order valence-corrected chi connectivity index (χ3v) is 5.94. The number of benzene rings is 2. The van der Waals surface area contributed by atoms with Gasteiger partial charge in [0.2, 0.25) is 0 Å². The Bertz CT molecular complexity index is 826. The first-order valence-corrected chi connectivity index (χ1v) is 9.46. The van der Waals surface area contributed by atoms with Gasteiger partial charge in [0.1, 0.15) is 0 Å². The van der Waals surface area contributed by atoms with E-state index in [0.29, 0.717) is 11.1 Å². The molecule has 0 bridgehead atoms. The summed E-state index contributed by atoms with van der Waals surface area (Å²) in [5, 5.41) is 0. The number of hydrogen-bond donors (Lipinski definition) is 0. The molecular weight excluding hydrogens is 340 g/mol. The van der Waals surface area contributed by atoms with Gasteiger partial charge in [0.05, 0.1) is 9.79 Å². The average molecular weight is 356 g/mol. The molecule has 2 rings (SSSR count). The van der Waals surface area contributed by atoms with Gasteiger partial charge in [-0.1, -0.05) is 36.4 Å². The van der Waals surface area contributed by atoms with Gasteiger partial charge in [-0.3, -0.25) is 0 Å². The molecule has 0 amide bonds. The summed E-state index contributed by atoms with van der Waals surface area (Å²) in [6.07, 6.45) is 0. The summed E-state index contributed by atoms with van der Waals surface area (Å²) in [7, 11) is -8.19. The van der Waals surface area contributed by atoms with Crippen LogP contribution in [-0.4, -0.2) is 23.6 Å². The van der Waals surface area contributed by atoms with Crippen molar-refractivity contribution in [3.05, 3.63) is 59.7 Å². The topological polar surface area (TPSA) is 86.7 Å². The maximum atomic E-state index is 12.0. The van der Waals surface area contributed by atoms with Crippen molar-refractivity contribution >= 4 is 20.2 Å². The Kier molecular flexibility index (Phi) is 5.20. The standard InChI is InChI=1S/C15H16O6S2/c1-12-7-3-5-9-14(12)22(16,17)20-11-21-23(18,19)15-10-6-4-8-13(15)2/h3-10H,11H2,1-2H3. The molecule has 0 radical (unpaired) electrons. The van der Waals surface area contributed by atoms with Crippen molar-refractivity contribution < 1.29 is 25.2 Å². The molecule has 0 spiro atoms. The van der Waals surface area contributed by atoms with Crippen LogP contribution in [0.3, 0.4) is 0 Å². The fourth-order valence-corrected chi connectivity index (χ4v) is 4.03. The van der Waals surface area contributed by atoms with Gasteiger partial charge in [-0.05, 0) is 37.1 Å². The maximum Gasteiger partial charge on any atom is 0.299 e. The van der Waals surface area contributed by atoms with Crippen molar-refractivity contribution in [1.82, 2.24) is 0 Å². The first-order valence-electron chi connectivity index (χ1n) is 6.64. The first kappa shape index (κ1) is 17.6. The average Bonchev–Trinajstić information content (AvgIpc) is 2.47. The lowest BCUT2D eigenvalue weighted by atomic mass is 10.2. The second-order valence-electron chi connectivity index (χ2n) is 4.79. The SMILES string of the molecule is Cc1ccccc1S(=O)(=O)OCOS(=O)(=O)c1ccccc1C. The van der Waals surface area contributed by atoms with Gasteiger partial charge in [-0.2, -0.15) is 16.8 Å². The quantitative estimate of drug-likeness (QED) is 0.583. The van der Waals surface area contributed by atoms with Crippen molar-refractivity contribution in [3.63, 3.8) is 0 Å². The predicted molar refractivity (Wildman–Crippen MR) is 83.8 cm³/mol. The second-order valence-corrected chi connectivity index (χ2v) is 7.96. The molecule has 0 heterocycles. The molecular formula is C15H16O6S2. The highest BCUT2D eigenvalue weighted by Gasteiger charge is 2.21. The Labute approximate surface area is 135 Å². The van der Waals surface area contributed by atoms with Gasteiger partial charge in [-0.15, -0.1) is 0 Å². The van der Waals surface area contributed by atoms with Crippen molar-refractivity contribution in [2.45, 2.75) is 23.6 Å². The van der Waals surface area contributed by atoms with Crippen molar-refractivity contribution in [3.8, 4) is 0 Å². The molecule has 23 heavy (non-hydrogen) atoms. The Hall–Kier alpha value is -1.74. The van der Waals surface area contributed by atoms with Crippen LogP contribution >= 0.6 is 0 Å². The summed E-state index contributed by atoms with van der Waals surface area (Å²) in [6.45, 7) is 2.30. The van der Waals surface area contributed by atoms with Crippen molar-refractivity contribution in [1.29, 1.82) is 0 Å². The summed E-state index contributed by atoms with van der Waals surface area (Å²) in [4.78, 5) is -0.0613. The Morgan fingerprint density at radius 1 is 0.696 bits per heavy atom. The zero-order chi connectivity index (χ0) is 17.1. The highest BCUT2D eigenvalue weighted by atomic mass is 32.2. The van der Waals surface area contributed by atoms with Crippen molar-refractivity contribution in [2.75, 3.05) is 6.79 Å². The fraction of sp³-hybridized carbons (Fsp3) is 0.200. The van der Waals surface area contributed by atoms with E-state index < -0.39 is 27.0 Å². The molecule has 0 saturated heterocycles. The molecule has 6 nitrogen and oxygen atoms in total. The van der Waals surface area contributed by atoms with Gasteiger partial charge in [0.25, 0.3) is 20.2 Å². The number of aryl methyl sites for hydroxylation is 2. The molecule has 0 atom stereocenters. The van der Waals surface area contributed by atoms with Gasteiger partial charge in [-0.25, -0.2) is 8.37 Å². The monoisotopic (exact) mass is 356 g/mol. The molecule has 0 N–H and O–H groups in total. The highest BCUT2D eigenvalue weighted by molar-refractivity contribution is 7.87. The van der Waals surface area contributed by atoms with E-state index in [4.69, 9.17) is 0 Å². The molecule has 0 aliphatic rings. The van der Waals surface area contributed by atoms with Gasteiger partial charge < -0.3 is 0 Å². The zero-order valence-corrected chi connectivity index (χ0v) is 14.2. The van der Waals surface area contributed by atoms with Crippen LogP contribution in [0, 0.1) is 13.8 Å². The van der Waals surface area contributed by atoms with E-state index in [1.165, 1.54) is 12.1 Å². The van der Waals surface area contributed by atoms with Crippen LogP contribution in [0.15, 0.2) is 58.3 Å². The molecule has 2 aromatic rings. The van der Waals surface area contributed by atoms with Gasteiger partial charge >= 0.3 is 0 Å². The van der Waals surface area contributed by atoms with Crippen LogP contribution in [0.2, 0.25) is 0 Å². The van der Waals surface area contributed by atoms with E-state index in [0.717, 1.165) is 0 Å². The predicted octanol–water partition coefficient (Wildman–Crippen LogP) is 2.37. The minimum absolute atomic E-state index is 0.0307. The second kappa shape index (κ2) is 6.79. The smallest absolute Gasteiger partial charge is 0.236 e. The summed E-state index contributed by atoms with van der Waals surface area (Å²) < 4.78 is 57.5. The number of hydrogen-bond acceptors (Lipinski definition) is 6. The summed E-state index contributed by atoms with van der Waals surface area (Å²) in [6, 6.07) is 12.5. The lowest BCUT2D eigenvalue weighted by Gasteiger charge is -2.10. The molecule has 124 valence electrons. The van der Waals surface area contributed by atoms with Crippen LogP contribution in [-0.2, 0) is 28.6 Å². The summed E-state index contributed by atoms with van der Waals surface area (Å²) in [5.74, 6) is 0. The van der Waals surface area contributed by atoms with Gasteiger partial charge in [0.15, 0.2) is 6.79 Å². The van der Waals surface area contributed by atoms with Crippen LogP contribution in [0.5, 0.6) is 0 Å². The lowest BCUT2D eigenvalue weighted by Crippen LogP contribution is -2.15. The minimum atomic E-state index is -4.10. The molecule has 0 aliphatic carbocycles. The van der Waals surface area contributed by atoms with Crippen LogP contribution < -0.4 is 0 Å². The molecule has 0 aliphatic heterocycles. The largest absolute Gasteiger partial charge is 0.299 e. The molecule has 0 aromatic heterocycles.